The van der Waals surface area contributed by atoms with E-state index in [1.165, 1.54) is 9.80 Å². The second-order valence-corrected chi connectivity index (χ2v) is 10.1. The van der Waals surface area contributed by atoms with Crippen molar-refractivity contribution in [2.75, 3.05) is 16.3 Å². The largest absolute Gasteiger partial charge is 0.426 e. The first-order chi connectivity index (χ1) is 16.8. The lowest BCUT2D eigenvalue weighted by Gasteiger charge is -2.20. The molecular formula is C27H23ClN2O5. The first-order valence-electron chi connectivity index (χ1n) is 11.8. The van der Waals surface area contributed by atoms with Crippen LogP contribution < -0.4 is 14.5 Å². The molecule has 178 valence electrons. The number of imide groups is 1. The van der Waals surface area contributed by atoms with E-state index in [0.29, 0.717) is 27.7 Å². The Labute approximate surface area is 207 Å². The highest BCUT2D eigenvalue weighted by atomic mass is 35.5. The predicted molar refractivity (Wildman–Crippen MR) is 129 cm³/mol. The first-order valence-corrected chi connectivity index (χ1v) is 12.1. The van der Waals surface area contributed by atoms with Crippen molar-refractivity contribution < 1.29 is 23.9 Å². The zero-order valence-electron chi connectivity index (χ0n) is 19.0. The number of benzene rings is 2. The Morgan fingerprint density at radius 3 is 2.31 bits per heavy atom. The van der Waals surface area contributed by atoms with E-state index < -0.39 is 11.9 Å². The number of hydrogen-bond acceptors (Lipinski definition) is 5. The predicted octanol–water partition coefficient (Wildman–Crippen LogP) is 3.92. The summed E-state index contributed by atoms with van der Waals surface area (Å²) >= 11 is 6.22. The second kappa shape index (κ2) is 8.05. The van der Waals surface area contributed by atoms with Gasteiger partial charge in [-0.3, -0.25) is 19.2 Å². The fourth-order valence-corrected chi connectivity index (χ4v) is 6.29. The molecule has 0 N–H and O–H groups in total. The van der Waals surface area contributed by atoms with Gasteiger partial charge in [0.1, 0.15) is 5.75 Å². The lowest BCUT2D eigenvalue weighted by atomic mass is 9.85. The smallest absolute Gasteiger partial charge is 0.316 e. The van der Waals surface area contributed by atoms with Crippen LogP contribution in [0.25, 0.3) is 0 Å². The van der Waals surface area contributed by atoms with E-state index in [0.717, 1.165) is 6.42 Å². The molecule has 5 atom stereocenters. The Hall–Kier alpha value is -3.45. The molecule has 2 saturated heterocycles. The topological polar surface area (TPSA) is 84.0 Å². The molecule has 2 aromatic rings. The summed E-state index contributed by atoms with van der Waals surface area (Å²) < 4.78 is 5.58. The van der Waals surface area contributed by atoms with E-state index in [2.05, 4.69) is 12.2 Å². The Bertz CT molecular complexity index is 1290. The van der Waals surface area contributed by atoms with Crippen molar-refractivity contribution in [3.05, 3.63) is 65.2 Å². The van der Waals surface area contributed by atoms with E-state index in [9.17, 15) is 19.2 Å². The number of anilines is 2. The third-order valence-electron chi connectivity index (χ3n) is 7.70. The minimum Gasteiger partial charge on any atom is -0.426 e. The molecule has 2 bridgehead atoms. The number of para-hydroxylation sites is 1. The molecule has 2 aromatic carbocycles. The van der Waals surface area contributed by atoms with Gasteiger partial charge in [0.05, 0.1) is 34.2 Å². The molecular weight excluding hydrogens is 468 g/mol. The first kappa shape index (κ1) is 22.0. The van der Waals surface area contributed by atoms with Crippen LogP contribution in [0.4, 0.5) is 11.4 Å². The number of aryl methyl sites for hydroxylation is 1. The van der Waals surface area contributed by atoms with Crippen molar-refractivity contribution in [1.82, 2.24) is 0 Å². The van der Waals surface area contributed by atoms with Gasteiger partial charge in [-0.25, -0.2) is 4.90 Å². The average Bonchev–Trinajstić information content (AvgIpc) is 3.59. The normalized spacial score (nSPS) is 28.9. The minimum atomic E-state index is -0.622. The number of carbonyl (C=O) groups excluding carboxylic acids is 4. The molecule has 2 heterocycles. The molecule has 3 fully saturated rings. The number of halogens is 1. The van der Waals surface area contributed by atoms with Crippen molar-refractivity contribution >= 4 is 46.7 Å². The zero-order chi connectivity index (χ0) is 24.4. The number of fused-ring (bicyclic) bond motifs is 5. The van der Waals surface area contributed by atoms with Gasteiger partial charge in [-0.2, -0.15) is 0 Å². The monoisotopic (exact) mass is 490 g/mol. The summed E-state index contributed by atoms with van der Waals surface area (Å²) in [5, 5.41) is 0.444. The second-order valence-electron chi connectivity index (χ2n) is 9.74. The molecule has 2 aliphatic heterocycles. The van der Waals surface area contributed by atoms with Crippen LogP contribution in [-0.4, -0.2) is 30.2 Å². The van der Waals surface area contributed by atoms with Crippen molar-refractivity contribution in [2.45, 2.75) is 19.8 Å². The standard InChI is InChI=1S/C27H23ClN2O5/c1-14-10-18(35-27(34)17-12-22(31)29(13-17)21-5-3-2-4-19(21)28)8-9-20(14)30-25(32)23-15-6-7-16(11-15)24(23)26(30)33/h2-10,15-17,23-24H,11-13H2,1H3/t15-,16-,17+,23-,24+/m0/s1. The van der Waals surface area contributed by atoms with Gasteiger partial charge in [0.15, 0.2) is 0 Å². The number of carbonyl (C=O) groups is 4. The summed E-state index contributed by atoms with van der Waals surface area (Å²) in [4.78, 5) is 54.4. The quantitative estimate of drug-likeness (QED) is 0.281. The highest BCUT2D eigenvalue weighted by Gasteiger charge is 2.59. The van der Waals surface area contributed by atoms with Gasteiger partial charge in [0, 0.05) is 13.0 Å². The Kier molecular flexibility index (Phi) is 5.07. The lowest BCUT2D eigenvalue weighted by Crippen LogP contribution is -2.33. The fraction of sp³-hybridized carbons (Fsp3) is 0.333. The summed E-state index contributed by atoms with van der Waals surface area (Å²) in [5.74, 6) is -1.55. The summed E-state index contributed by atoms with van der Waals surface area (Å²) in [6.07, 6.45) is 5.05. The minimum absolute atomic E-state index is 0.0387. The number of nitrogens with zero attached hydrogens (tertiary/aromatic N) is 2. The molecule has 0 radical (unpaired) electrons. The van der Waals surface area contributed by atoms with E-state index in [-0.39, 0.29) is 54.4 Å². The number of amides is 3. The van der Waals surface area contributed by atoms with E-state index >= 15 is 0 Å². The summed E-state index contributed by atoms with van der Waals surface area (Å²) in [6.45, 7) is 1.97. The van der Waals surface area contributed by atoms with Crippen molar-refractivity contribution in [3.63, 3.8) is 0 Å². The zero-order valence-corrected chi connectivity index (χ0v) is 19.8. The van der Waals surface area contributed by atoms with Crippen LogP contribution in [-0.2, 0) is 19.2 Å². The maximum atomic E-state index is 13.1. The summed E-state index contributed by atoms with van der Waals surface area (Å²) in [7, 11) is 0. The van der Waals surface area contributed by atoms with E-state index in [1.807, 2.05) is 0 Å². The van der Waals surface area contributed by atoms with Crippen LogP contribution in [0.1, 0.15) is 18.4 Å². The van der Waals surface area contributed by atoms with Gasteiger partial charge in [-0.05, 0) is 61.1 Å². The molecule has 8 heteroatoms. The van der Waals surface area contributed by atoms with E-state index in [4.69, 9.17) is 16.3 Å². The number of rotatable bonds is 4. The van der Waals surface area contributed by atoms with Crippen LogP contribution in [0.5, 0.6) is 5.75 Å². The molecule has 35 heavy (non-hydrogen) atoms. The Balaban J connectivity index is 1.16. The fourth-order valence-electron chi connectivity index (χ4n) is 6.05. The maximum Gasteiger partial charge on any atom is 0.316 e. The van der Waals surface area contributed by atoms with Crippen LogP contribution in [0.2, 0.25) is 5.02 Å². The highest BCUT2D eigenvalue weighted by Crippen LogP contribution is 2.53. The SMILES string of the molecule is Cc1cc(OC(=O)[C@@H]2CC(=O)N(c3ccccc3Cl)C2)ccc1N1C(=O)[C@@H]2[C@H](C1=O)[C@H]1C=C[C@H]2C1. The summed E-state index contributed by atoms with van der Waals surface area (Å²) in [5.41, 5.74) is 1.76. The molecule has 3 amide bonds. The summed E-state index contributed by atoms with van der Waals surface area (Å²) in [6, 6.07) is 11.9. The van der Waals surface area contributed by atoms with Crippen LogP contribution in [0.15, 0.2) is 54.6 Å². The third-order valence-corrected chi connectivity index (χ3v) is 8.02. The van der Waals surface area contributed by atoms with Gasteiger partial charge in [0.25, 0.3) is 0 Å². The molecule has 0 aromatic heterocycles. The number of esters is 1. The molecule has 0 unspecified atom stereocenters. The van der Waals surface area contributed by atoms with Gasteiger partial charge in [-0.1, -0.05) is 35.9 Å². The van der Waals surface area contributed by atoms with Gasteiger partial charge in [0.2, 0.25) is 17.7 Å². The van der Waals surface area contributed by atoms with Crippen LogP contribution in [0.3, 0.4) is 0 Å². The molecule has 7 nitrogen and oxygen atoms in total. The van der Waals surface area contributed by atoms with Gasteiger partial charge >= 0.3 is 5.97 Å². The van der Waals surface area contributed by atoms with Crippen LogP contribution >= 0.6 is 11.6 Å². The van der Waals surface area contributed by atoms with Crippen molar-refractivity contribution in [2.24, 2.45) is 29.6 Å². The van der Waals surface area contributed by atoms with Gasteiger partial charge < -0.3 is 9.64 Å². The third kappa shape index (κ3) is 3.40. The van der Waals surface area contributed by atoms with E-state index in [1.54, 1.807) is 49.4 Å². The highest BCUT2D eigenvalue weighted by molar-refractivity contribution is 6.34. The molecule has 6 rings (SSSR count). The molecule has 0 spiro atoms. The number of allylic oxidation sites excluding steroid dienone is 2. The number of hydrogen-bond donors (Lipinski definition) is 0. The van der Waals surface area contributed by atoms with Gasteiger partial charge in [-0.15, -0.1) is 0 Å². The van der Waals surface area contributed by atoms with Crippen molar-refractivity contribution in [3.8, 4) is 5.75 Å². The molecule has 4 aliphatic rings. The average molecular weight is 491 g/mol. The van der Waals surface area contributed by atoms with Crippen molar-refractivity contribution in [1.29, 1.82) is 0 Å². The number of ether oxygens (including phenoxy) is 1. The maximum absolute atomic E-state index is 13.1. The Morgan fingerprint density at radius 2 is 1.66 bits per heavy atom. The Morgan fingerprint density at radius 1 is 0.971 bits per heavy atom. The molecule has 2 aliphatic carbocycles. The lowest BCUT2D eigenvalue weighted by molar-refractivity contribution is -0.139. The van der Waals surface area contributed by atoms with Crippen LogP contribution in [0, 0.1) is 36.5 Å². The molecule has 1 saturated carbocycles.